The zero-order valence-electron chi connectivity index (χ0n) is 26.5. The number of amides is 1. The number of carbonyl (C=O) groups is 1. The lowest BCUT2D eigenvalue weighted by atomic mass is 9.98. The van der Waals surface area contributed by atoms with Gasteiger partial charge in [0.1, 0.15) is 10.7 Å². The van der Waals surface area contributed by atoms with Crippen LogP contribution in [0.2, 0.25) is 0 Å². The van der Waals surface area contributed by atoms with Crippen LogP contribution in [0.1, 0.15) is 38.2 Å². The van der Waals surface area contributed by atoms with Crippen molar-refractivity contribution in [1.29, 1.82) is 0 Å². The van der Waals surface area contributed by atoms with Crippen molar-refractivity contribution in [1.82, 2.24) is 14.5 Å². The van der Waals surface area contributed by atoms with Crippen molar-refractivity contribution in [2.45, 2.75) is 19.4 Å². The van der Waals surface area contributed by atoms with Gasteiger partial charge in [-0.3, -0.25) is 19.3 Å². The van der Waals surface area contributed by atoms with Crippen molar-refractivity contribution in [3.8, 4) is 11.5 Å². The quantitative estimate of drug-likeness (QED) is 0.256. The van der Waals surface area contributed by atoms with Gasteiger partial charge in [0, 0.05) is 43.5 Å². The molecule has 47 heavy (non-hydrogen) atoms. The molecule has 0 fully saturated rings. The fraction of sp³-hybridized carbons (Fsp3) is 0.216. The van der Waals surface area contributed by atoms with Crippen LogP contribution in [0, 0.1) is 0 Å². The molecule has 0 atom stereocenters. The van der Waals surface area contributed by atoms with E-state index in [1.807, 2.05) is 24.3 Å². The van der Waals surface area contributed by atoms with Gasteiger partial charge in [0.2, 0.25) is 0 Å². The molecule has 3 heterocycles. The summed E-state index contributed by atoms with van der Waals surface area (Å²) >= 11 is 0. The lowest BCUT2D eigenvalue weighted by Crippen LogP contribution is -2.52. The molecule has 0 aliphatic carbocycles. The second-order valence-corrected chi connectivity index (χ2v) is 11.5. The van der Waals surface area contributed by atoms with Crippen LogP contribution < -0.4 is 36.6 Å². The Kier molecular flexibility index (Phi) is 9.21. The van der Waals surface area contributed by atoms with Gasteiger partial charge in [0.25, 0.3) is 17.0 Å². The van der Waals surface area contributed by atoms with E-state index in [-0.39, 0.29) is 22.2 Å². The van der Waals surface area contributed by atoms with Crippen LogP contribution in [0.15, 0.2) is 93.3 Å². The minimum Gasteiger partial charge on any atom is -0.493 e. The lowest BCUT2D eigenvalue weighted by molar-refractivity contribution is 0.102. The molecule has 0 spiro atoms. The van der Waals surface area contributed by atoms with E-state index in [0.29, 0.717) is 22.4 Å². The number of fused-ring (bicyclic) bond motifs is 1. The highest BCUT2D eigenvalue weighted by Gasteiger charge is 2.19. The summed E-state index contributed by atoms with van der Waals surface area (Å²) in [6.07, 6.45) is 8.02. The molecule has 0 saturated carbocycles. The average Bonchev–Trinajstić information content (AvgIpc) is 3.61. The van der Waals surface area contributed by atoms with Crippen molar-refractivity contribution >= 4 is 23.7 Å². The van der Waals surface area contributed by atoms with E-state index in [2.05, 4.69) is 27.3 Å². The van der Waals surface area contributed by atoms with Crippen LogP contribution in [0.3, 0.4) is 0 Å². The molecule has 2 aromatic heterocycles. The number of hydrogen-bond donors (Lipinski definition) is 2. The molecule has 0 unspecified atom stereocenters. The maximum absolute atomic E-state index is 12.9. The molecule has 0 saturated heterocycles. The Morgan fingerprint density at radius 2 is 1.66 bits per heavy atom. The van der Waals surface area contributed by atoms with E-state index in [9.17, 15) is 14.4 Å². The van der Waals surface area contributed by atoms with Crippen molar-refractivity contribution in [2.75, 3.05) is 32.6 Å². The molecular weight excluding hydrogens is 596 g/mol. The predicted molar refractivity (Wildman–Crippen MR) is 180 cm³/mol. The van der Waals surface area contributed by atoms with E-state index in [1.165, 1.54) is 33.8 Å². The number of H-pyrrole nitrogens is 1. The SMILES string of the molecule is COc1cc2c(cc1OC)CN(CCc1ccc(NC(=O)c3ccc(C=c4[nH]c(=O)c(=Cc5ccoc5)n(C)c4=O)cc3)cc1)CC2. The number of nitrogens with one attached hydrogen (secondary N) is 2. The Hall–Kier alpha value is -5.61. The maximum Gasteiger partial charge on any atom is 0.274 e. The first-order valence-electron chi connectivity index (χ1n) is 15.3. The zero-order chi connectivity index (χ0) is 32.9. The van der Waals surface area contributed by atoms with Crippen LogP contribution in [-0.2, 0) is 26.4 Å². The van der Waals surface area contributed by atoms with E-state index in [0.717, 1.165) is 44.0 Å². The molecule has 5 aromatic rings. The van der Waals surface area contributed by atoms with Gasteiger partial charge in [-0.1, -0.05) is 24.3 Å². The van der Waals surface area contributed by atoms with Gasteiger partial charge in [-0.15, -0.1) is 0 Å². The first kappa shape index (κ1) is 31.4. The van der Waals surface area contributed by atoms with E-state index < -0.39 is 5.56 Å². The number of anilines is 1. The number of carbonyl (C=O) groups excluding carboxylic acids is 1. The highest BCUT2D eigenvalue weighted by atomic mass is 16.5. The Balaban J connectivity index is 1.06. The Labute approximate surface area is 271 Å². The molecular formula is C37H36N4O6. The van der Waals surface area contributed by atoms with E-state index >= 15 is 0 Å². The first-order chi connectivity index (χ1) is 22.8. The molecule has 1 amide bonds. The van der Waals surface area contributed by atoms with Gasteiger partial charge in [-0.25, -0.2) is 0 Å². The number of furan rings is 1. The number of rotatable bonds is 9. The van der Waals surface area contributed by atoms with Crippen molar-refractivity contribution in [3.05, 3.63) is 144 Å². The standard InChI is InChI=1S/C37H36N4O6/c1-40-32(19-26-14-17-47-23-26)36(43)39-31(37(40)44)18-25-4-8-27(9-5-25)35(42)38-30-10-6-24(7-11-30)12-15-41-16-13-28-20-33(45-2)34(46-3)21-29(28)22-41/h4-11,14,17-21,23H,12-13,15-16,22H2,1-3H3,(H,38,42)(H,39,43). The number of methoxy groups -OCH3 is 2. The normalized spacial score (nSPS) is 13.8. The van der Waals surface area contributed by atoms with Crippen LogP contribution in [0.4, 0.5) is 5.69 Å². The average molecular weight is 633 g/mol. The molecule has 240 valence electrons. The monoisotopic (exact) mass is 632 g/mol. The molecule has 3 aromatic carbocycles. The van der Waals surface area contributed by atoms with Gasteiger partial charge in [0.15, 0.2) is 11.5 Å². The fourth-order valence-electron chi connectivity index (χ4n) is 5.73. The number of aromatic amines is 1. The molecule has 6 rings (SSSR count). The summed E-state index contributed by atoms with van der Waals surface area (Å²) in [6, 6.07) is 20.6. The number of aromatic nitrogens is 2. The fourth-order valence-corrected chi connectivity index (χ4v) is 5.73. The van der Waals surface area contributed by atoms with Crippen molar-refractivity contribution in [3.63, 3.8) is 0 Å². The number of benzene rings is 3. The van der Waals surface area contributed by atoms with Gasteiger partial charge < -0.3 is 28.8 Å². The summed E-state index contributed by atoms with van der Waals surface area (Å²) < 4.78 is 17.3. The summed E-state index contributed by atoms with van der Waals surface area (Å²) in [7, 11) is 4.87. The third kappa shape index (κ3) is 7.13. The van der Waals surface area contributed by atoms with Crippen LogP contribution in [0.5, 0.6) is 11.5 Å². The zero-order valence-corrected chi connectivity index (χ0v) is 26.5. The van der Waals surface area contributed by atoms with Crippen molar-refractivity contribution in [2.24, 2.45) is 7.05 Å². The summed E-state index contributed by atoms with van der Waals surface area (Å²) in [5.74, 6) is 1.28. The molecule has 1 aliphatic rings. The van der Waals surface area contributed by atoms with Crippen LogP contribution in [0.25, 0.3) is 12.2 Å². The molecule has 2 N–H and O–H groups in total. The second kappa shape index (κ2) is 13.8. The highest BCUT2D eigenvalue weighted by molar-refractivity contribution is 6.04. The molecule has 0 radical (unpaired) electrons. The summed E-state index contributed by atoms with van der Waals surface area (Å²) in [4.78, 5) is 43.7. The van der Waals surface area contributed by atoms with Crippen molar-refractivity contribution < 1.29 is 18.7 Å². The minimum absolute atomic E-state index is 0.144. The Bertz CT molecular complexity index is 2130. The largest absolute Gasteiger partial charge is 0.493 e. The third-order valence-electron chi connectivity index (χ3n) is 8.43. The highest BCUT2D eigenvalue weighted by Crippen LogP contribution is 2.33. The van der Waals surface area contributed by atoms with Gasteiger partial charge in [0.05, 0.1) is 26.7 Å². The molecule has 1 aliphatic heterocycles. The number of ether oxygens (including phenoxy) is 2. The Morgan fingerprint density at radius 3 is 2.34 bits per heavy atom. The second-order valence-electron chi connectivity index (χ2n) is 11.5. The van der Waals surface area contributed by atoms with Crippen LogP contribution >= 0.6 is 0 Å². The van der Waals surface area contributed by atoms with E-state index in [4.69, 9.17) is 13.9 Å². The maximum atomic E-state index is 12.9. The molecule has 10 nitrogen and oxygen atoms in total. The lowest BCUT2D eigenvalue weighted by Gasteiger charge is -2.29. The topological polar surface area (TPSA) is 119 Å². The van der Waals surface area contributed by atoms with Gasteiger partial charge in [-0.05, 0) is 89.7 Å². The van der Waals surface area contributed by atoms with Crippen LogP contribution in [-0.4, -0.2) is 47.7 Å². The van der Waals surface area contributed by atoms with Gasteiger partial charge >= 0.3 is 0 Å². The van der Waals surface area contributed by atoms with E-state index in [1.54, 1.807) is 63.8 Å². The number of nitrogens with zero attached hydrogens (tertiary/aromatic N) is 2. The summed E-state index contributed by atoms with van der Waals surface area (Å²) in [5.41, 5.74) is 5.53. The molecule has 0 bridgehead atoms. The minimum atomic E-state index is -0.402. The van der Waals surface area contributed by atoms with Gasteiger partial charge in [-0.2, -0.15) is 0 Å². The molecule has 10 heteroatoms. The first-order valence-corrected chi connectivity index (χ1v) is 15.3. The predicted octanol–water partition coefficient (Wildman–Crippen LogP) is 3.19. The third-order valence-corrected chi connectivity index (χ3v) is 8.43. The Morgan fingerprint density at radius 1 is 0.936 bits per heavy atom. The summed E-state index contributed by atoms with van der Waals surface area (Å²) in [5, 5.41) is 3.30. The number of hydrogen-bond acceptors (Lipinski definition) is 7. The summed E-state index contributed by atoms with van der Waals surface area (Å²) in [6.45, 7) is 2.78. The smallest absolute Gasteiger partial charge is 0.274 e.